The molecule has 0 radical (unpaired) electrons. The van der Waals surface area contributed by atoms with Crippen molar-refractivity contribution in [3.8, 4) is 0 Å². The molecule has 86 valence electrons. The number of carboxylic acids is 1. The number of carbonyl (C=O) groups is 1. The molecule has 0 amide bonds. The lowest BCUT2D eigenvalue weighted by atomic mass is 10.1. The Bertz CT molecular complexity index is 443. The van der Waals surface area contributed by atoms with E-state index in [2.05, 4.69) is 4.98 Å². The molecule has 0 atom stereocenters. The van der Waals surface area contributed by atoms with Gasteiger partial charge in [-0.05, 0) is 28.7 Å². The van der Waals surface area contributed by atoms with Crippen molar-refractivity contribution in [3.63, 3.8) is 0 Å². The molecule has 16 heavy (non-hydrogen) atoms. The van der Waals surface area contributed by atoms with E-state index in [-0.39, 0.29) is 9.13 Å². The minimum Gasteiger partial charge on any atom is -0.478 e. The second kappa shape index (κ2) is 4.81. The Labute approximate surface area is 102 Å². The number of halogens is 4. The lowest BCUT2D eigenvalue weighted by Crippen LogP contribution is -2.10. The van der Waals surface area contributed by atoms with Crippen LogP contribution in [0, 0.1) is 3.57 Å². The van der Waals surface area contributed by atoms with Gasteiger partial charge >= 0.3 is 12.1 Å². The maximum Gasteiger partial charge on any atom is 0.418 e. The summed E-state index contributed by atoms with van der Waals surface area (Å²) in [7, 11) is 0. The third kappa shape index (κ3) is 3.19. The fraction of sp³-hybridized carbons (Fsp3) is 0.111. The van der Waals surface area contributed by atoms with Gasteiger partial charge in [-0.15, -0.1) is 0 Å². The minimum absolute atomic E-state index is 0.0716. The Balaban J connectivity index is 3.29. The van der Waals surface area contributed by atoms with Crippen molar-refractivity contribution in [1.82, 2.24) is 4.98 Å². The summed E-state index contributed by atoms with van der Waals surface area (Å²) >= 11 is 1.50. The topological polar surface area (TPSA) is 50.2 Å². The quantitative estimate of drug-likeness (QED) is 0.664. The smallest absolute Gasteiger partial charge is 0.418 e. The van der Waals surface area contributed by atoms with Crippen LogP contribution < -0.4 is 0 Å². The molecule has 1 aromatic rings. The number of hydrogen-bond donors (Lipinski definition) is 1. The zero-order chi connectivity index (χ0) is 12.3. The molecule has 0 aliphatic rings. The summed E-state index contributed by atoms with van der Waals surface area (Å²) in [5.41, 5.74) is -1.14. The number of aliphatic carboxylic acids is 1. The first-order chi connectivity index (χ1) is 7.32. The molecular weight excluding hydrogens is 338 g/mol. The summed E-state index contributed by atoms with van der Waals surface area (Å²) < 4.78 is 37.8. The first kappa shape index (κ1) is 12.9. The van der Waals surface area contributed by atoms with Crippen molar-refractivity contribution in [1.29, 1.82) is 0 Å². The average molecular weight is 343 g/mol. The predicted molar refractivity (Wildman–Crippen MR) is 58.6 cm³/mol. The van der Waals surface area contributed by atoms with Crippen LogP contribution in [0.5, 0.6) is 0 Å². The first-order valence-corrected chi connectivity index (χ1v) is 5.02. The zero-order valence-electron chi connectivity index (χ0n) is 7.62. The largest absolute Gasteiger partial charge is 0.478 e. The summed E-state index contributed by atoms with van der Waals surface area (Å²) in [5.74, 6) is -1.31. The summed E-state index contributed by atoms with van der Waals surface area (Å²) in [6, 6.07) is 0. The Morgan fingerprint density at radius 2 is 2.06 bits per heavy atom. The highest BCUT2D eigenvalue weighted by atomic mass is 127. The number of hydrogen-bond acceptors (Lipinski definition) is 2. The molecule has 3 nitrogen and oxygen atoms in total. The maximum atomic E-state index is 12.6. The van der Waals surface area contributed by atoms with E-state index in [1.807, 2.05) is 0 Å². The monoisotopic (exact) mass is 343 g/mol. The van der Waals surface area contributed by atoms with Gasteiger partial charge in [0, 0.05) is 27.6 Å². The van der Waals surface area contributed by atoms with Gasteiger partial charge in [0.05, 0.1) is 5.56 Å². The number of alkyl halides is 3. The second-order valence-corrected chi connectivity index (χ2v) is 3.92. The minimum atomic E-state index is -4.53. The van der Waals surface area contributed by atoms with Crippen molar-refractivity contribution in [2.24, 2.45) is 0 Å². The lowest BCUT2D eigenvalue weighted by molar-refractivity contribution is -0.138. The summed E-state index contributed by atoms with van der Waals surface area (Å²) in [4.78, 5) is 13.8. The maximum absolute atomic E-state index is 12.6. The van der Waals surface area contributed by atoms with Crippen molar-refractivity contribution in [2.45, 2.75) is 6.18 Å². The van der Waals surface area contributed by atoms with Crippen LogP contribution in [-0.4, -0.2) is 16.1 Å². The molecule has 1 heterocycles. The lowest BCUT2D eigenvalue weighted by Gasteiger charge is -2.11. The normalized spacial score (nSPS) is 12.0. The van der Waals surface area contributed by atoms with E-state index in [4.69, 9.17) is 5.11 Å². The molecule has 1 aromatic heterocycles. The van der Waals surface area contributed by atoms with Crippen molar-refractivity contribution in [2.75, 3.05) is 0 Å². The third-order valence-electron chi connectivity index (χ3n) is 1.62. The molecule has 0 bridgehead atoms. The summed E-state index contributed by atoms with van der Waals surface area (Å²) in [5, 5.41) is 8.35. The van der Waals surface area contributed by atoms with Gasteiger partial charge < -0.3 is 5.11 Å². The van der Waals surface area contributed by atoms with Gasteiger partial charge in [0.25, 0.3) is 0 Å². The van der Waals surface area contributed by atoms with Crippen LogP contribution in [0.1, 0.15) is 11.1 Å². The van der Waals surface area contributed by atoms with E-state index in [1.54, 1.807) is 0 Å². The van der Waals surface area contributed by atoms with E-state index < -0.39 is 17.7 Å². The Morgan fingerprint density at radius 1 is 1.44 bits per heavy atom. The van der Waals surface area contributed by atoms with Crippen LogP contribution in [0.4, 0.5) is 13.2 Å². The van der Waals surface area contributed by atoms with Gasteiger partial charge in [-0.2, -0.15) is 13.2 Å². The standard InChI is InChI=1S/C9H5F3INO2/c10-9(11,12)8-5(1-2-7(15)16)3-14-4-6(8)13/h1-4H,(H,15,16)/b2-1+. The van der Waals surface area contributed by atoms with Crippen LogP contribution in [-0.2, 0) is 11.0 Å². The fourth-order valence-electron chi connectivity index (χ4n) is 1.04. The van der Waals surface area contributed by atoms with E-state index in [0.717, 1.165) is 18.5 Å². The predicted octanol–water partition coefficient (Wildman–Crippen LogP) is 2.80. The highest BCUT2D eigenvalue weighted by Gasteiger charge is 2.35. The van der Waals surface area contributed by atoms with Crippen LogP contribution in [0.3, 0.4) is 0 Å². The van der Waals surface area contributed by atoms with Crippen LogP contribution in [0.15, 0.2) is 18.5 Å². The molecule has 0 unspecified atom stereocenters. The summed E-state index contributed by atoms with van der Waals surface area (Å²) in [6.45, 7) is 0. The third-order valence-corrected chi connectivity index (χ3v) is 2.44. The molecule has 0 aliphatic heterocycles. The average Bonchev–Trinajstić information content (AvgIpc) is 2.12. The van der Waals surface area contributed by atoms with Crippen molar-refractivity contribution >= 4 is 34.6 Å². The van der Waals surface area contributed by atoms with E-state index in [0.29, 0.717) is 6.08 Å². The second-order valence-electron chi connectivity index (χ2n) is 2.75. The number of aromatic nitrogens is 1. The molecule has 1 N–H and O–H groups in total. The van der Waals surface area contributed by atoms with Gasteiger partial charge in [0.15, 0.2) is 0 Å². The highest BCUT2D eigenvalue weighted by molar-refractivity contribution is 14.1. The number of rotatable bonds is 2. The number of carboxylic acid groups (broad SMARTS) is 1. The molecule has 1 rings (SSSR count). The Kier molecular flexibility index (Phi) is 3.89. The number of nitrogens with zero attached hydrogens (tertiary/aromatic N) is 1. The highest BCUT2D eigenvalue weighted by Crippen LogP contribution is 2.35. The first-order valence-electron chi connectivity index (χ1n) is 3.94. The molecule has 0 saturated heterocycles. The molecule has 0 aromatic carbocycles. The fourth-order valence-corrected chi connectivity index (χ4v) is 1.81. The van der Waals surface area contributed by atoms with Crippen LogP contribution in [0.25, 0.3) is 6.08 Å². The zero-order valence-corrected chi connectivity index (χ0v) is 9.78. The van der Waals surface area contributed by atoms with Crippen LogP contribution >= 0.6 is 22.6 Å². The van der Waals surface area contributed by atoms with E-state index >= 15 is 0 Å². The van der Waals surface area contributed by atoms with Gasteiger partial charge in [-0.25, -0.2) is 4.79 Å². The molecule has 0 spiro atoms. The van der Waals surface area contributed by atoms with Gasteiger partial charge in [-0.3, -0.25) is 4.98 Å². The van der Waals surface area contributed by atoms with Crippen LogP contribution in [0.2, 0.25) is 0 Å². The summed E-state index contributed by atoms with van der Waals surface area (Å²) in [6.07, 6.45) is -0.966. The molecule has 0 fully saturated rings. The molecular formula is C9H5F3INO2. The van der Waals surface area contributed by atoms with Gasteiger partial charge in [0.1, 0.15) is 0 Å². The van der Waals surface area contributed by atoms with E-state index in [9.17, 15) is 18.0 Å². The SMILES string of the molecule is O=C(O)/C=C/c1cncc(I)c1C(F)(F)F. The molecule has 7 heteroatoms. The van der Waals surface area contributed by atoms with Crippen molar-refractivity contribution in [3.05, 3.63) is 33.2 Å². The van der Waals surface area contributed by atoms with Gasteiger partial charge in [0.2, 0.25) is 0 Å². The van der Waals surface area contributed by atoms with Gasteiger partial charge in [-0.1, -0.05) is 0 Å². The molecule has 0 saturated carbocycles. The molecule has 0 aliphatic carbocycles. The van der Waals surface area contributed by atoms with E-state index in [1.165, 1.54) is 22.6 Å². The number of pyridine rings is 1. The Morgan fingerprint density at radius 3 is 2.56 bits per heavy atom. The Hall–Kier alpha value is -1.12. The van der Waals surface area contributed by atoms with Crippen molar-refractivity contribution < 1.29 is 23.1 Å².